The average Bonchev–Trinajstić information content (AvgIpc) is 2.44. The van der Waals surface area contributed by atoms with E-state index in [4.69, 9.17) is 16.7 Å². The standard InChI is InChI=1S/C14H19ClN2O5S.ClH/c1-3-4-11(14(19)20)16-8-13(18)17-12-7-9(23(2,21)22)5-6-10(12)15;/h5-7,11,16H,3-4,8H2,1-2H3,(H,17,18)(H,19,20);1H. The van der Waals surface area contributed by atoms with Crippen LogP contribution >= 0.6 is 24.0 Å². The van der Waals surface area contributed by atoms with Gasteiger partial charge in [0.05, 0.1) is 22.2 Å². The molecule has 1 rings (SSSR count). The number of halogens is 2. The zero-order valence-electron chi connectivity index (χ0n) is 13.2. The average molecular weight is 399 g/mol. The van der Waals surface area contributed by atoms with Crippen molar-refractivity contribution in [3.05, 3.63) is 23.2 Å². The molecule has 1 unspecified atom stereocenters. The van der Waals surface area contributed by atoms with Crippen LogP contribution in [0.4, 0.5) is 5.69 Å². The van der Waals surface area contributed by atoms with Crippen molar-refractivity contribution in [2.75, 3.05) is 18.1 Å². The van der Waals surface area contributed by atoms with E-state index in [2.05, 4.69) is 10.6 Å². The van der Waals surface area contributed by atoms with Gasteiger partial charge >= 0.3 is 5.97 Å². The van der Waals surface area contributed by atoms with Gasteiger partial charge in [-0.05, 0) is 24.6 Å². The molecule has 1 aromatic rings. The van der Waals surface area contributed by atoms with Crippen LogP contribution in [-0.4, -0.2) is 44.2 Å². The van der Waals surface area contributed by atoms with Crippen LogP contribution in [0.25, 0.3) is 0 Å². The second-order valence-electron chi connectivity index (χ2n) is 5.02. The summed E-state index contributed by atoms with van der Waals surface area (Å²) >= 11 is 5.93. The van der Waals surface area contributed by atoms with Gasteiger partial charge in [-0.3, -0.25) is 14.9 Å². The molecule has 7 nitrogen and oxygen atoms in total. The van der Waals surface area contributed by atoms with Crippen LogP contribution in [0.3, 0.4) is 0 Å². The molecule has 0 spiro atoms. The SMILES string of the molecule is CCCC(NCC(=O)Nc1cc(S(C)(=O)=O)ccc1Cl)C(=O)O.Cl. The number of rotatable bonds is 8. The van der Waals surface area contributed by atoms with Gasteiger partial charge in [-0.2, -0.15) is 0 Å². The second kappa shape index (κ2) is 9.83. The largest absolute Gasteiger partial charge is 0.480 e. The normalized spacial score (nSPS) is 12.1. The van der Waals surface area contributed by atoms with E-state index in [0.717, 1.165) is 6.26 Å². The number of carbonyl (C=O) groups is 2. The molecule has 0 fully saturated rings. The highest BCUT2D eigenvalue weighted by Gasteiger charge is 2.17. The number of nitrogens with one attached hydrogen (secondary N) is 2. The molecule has 0 saturated heterocycles. The maximum absolute atomic E-state index is 11.9. The highest BCUT2D eigenvalue weighted by Crippen LogP contribution is 2.25. The Morgan fingerprint density at radius 2 is 1.96 bits per heavy atom. The summed E-state index contributed by atoms with van der Waals surface area (Å²) in [5.41, 5.74) is 0.156. The fraction of sp³-hybridized carbons (Fsp3) is 0.429. The van der Waals surface area contributed by atoms with Gasteiger partial charge in [0.15, 0.2) is 9.84 Å². The third kappa shape index (κ3) is 7.04. The molecule has 1 aromatic carbocycles. The summed E-state index contributed by atoms with van der Waals surface area (Å²) in [6.45, 7) is 1.62. The summed E-state index contributed by atoms with van der Waals surface area (Å²) in [6, 6.07) is 3.16. The number of amides is 1. The summed E-state index contributed by atoms with van der Waals surface area (Å²) in [7, 11) is -3.43. The topological polar surface area (TPSA) is 113 Å². The summed E-state index contributed by atoms with van der Waals surface area (Å²) in [4.78, 5) is 22.9. The first-order chi connectivity index (χ1) is 10.6. The number of carboxylic acids is 1. The van der Waals surface area contributed by atoms with Gasteiger partial charge in [-0.25, -0.2) is 8.42 Å². The molecule has 10 heteroatoms. The van der Waals surface area contributed by atoms with Crippen LogP contribution < -0.4 is 10.6 Å². The minimum absolute atomic E-state index is 0. The Balaban J connectivity index is 0.00000529. The van der Waals surface area contributed by atoms with Crippen molar-refractivity contribution in [1.29, 1.82) is 0 Å². The second-order valence-corrected chi connectivity index (χ2v) is 7.45. The quantitative estimate of drug-likeness (QED) is 0.616. The lowest BCUT2D eigenvalue weighted by Crippen LogP contribution is -2.41. The monoisotopic (exact) mass is 398 g/mol. The van der Waals surface area contributed by atoms with Gasteiger partial charge < -0.3 is 10.4 Å². The van der Waals surface area contributed by atoms with Crippen molar-refractivity contribution in [2.24, 2.45) is 0 Å². The molecule has 0 aromatic heterocycles. The Hall–Kier alpha value is -1.35. The molecule has 0 aliphatic rings. The van der Waals surface area contributed by atoms with E-state index in [1.165, 1.54) is 18.2 Å². The number of hydrogen-bond donors (Lipinski definition) is 3. The molecule has 3 N–H and O–H groups in total. The number of benzene rings is 1. The predicted octanol–water partition coefficient (Wildman–Crippen LogP) is 1.95. The first kappa shape index (κ1) is 22.6. The molecule has 0 bridgehead atoms. The lowest BCUT2D eigenvalue weighted by molar-refractivity contribution is -0.139. The molecule has 24 heavy (non-hydrogen) atoms. The van der Waals surface area contributed by atoms with Gasteiger partial charge in [0.25, 0.3) is 0 Å². The lowest BCUT2D eigenvalue weighted by atomic mass is 10.2. The maximum Gasteiger partial charge on any atom is 0.320 e. The van der Waals surface area contributed by atoms with Crippen LogP contribution in [0.2, 0.25) is 5.02 Å². The van der Waals surface area contributed by atoms with Gasteiger partial charge in [0, 0.05) is 6.26 Å². The van der Waals surface area contributed by atoms with E-state index in [1.54, 1.807) is 0 Å². The molecule has 0 aliphatic carbocycles. The molecule has 0 radical (unpaired) electrons. The van der Waals surface area contributed by atoms with Crippen LogP contribution in [0.15, 0.2) is 23.1 Å². The first-order valence-corrected chi connectivity index (χ1v) is 9.17. The van der Waals surface area contributed by atoms with E-state index in [0.29, 0.717) is 12.8 Å². The molecule has 136 valence electrons. The summed E-state index contributed by atoms with van der Waals surface area (Å²) in [5.74, 6) is -1.54. The van der Waals surface area contributed by atoms with Crippen molar-refractivity contribution in [2.45, 2.75) is 30.7 Å². The minimum Gasteiger partial charge on any atom is -0.480 e. The lowest BCUT2D eigenvalue weighted by Gasteiger charge is -2.14. The van der Waals surface area contributed by atoms with Crippen molar-refractivity contribution in [3.8, 4) is 0 Å². The minimum atomic E-state index is -3.43. The van der Waals surface area contributed by atoms with E-state index in [-0.39, 0.29) is 34.6 Å². The smallest absolute Gasteiger partial charge is 0.320 e. The van der Waals surface area contributed by atoms with Crippen molar-refractivity contribution >= 4 is 51.4 Å². The molecular weight excluding hydrogens is 379 g/mol. The molecule has 0 aliphatic heterocycles. The molecule has 0 heterocycles. The molecule has 1 amide bonds. The first-order valence-electron chi connectivity index (χ1n) is 6.90. The number of hydrogen-bond acceptors (Lipinski definition) is 5. The van der Waals surface area contributed by atoms with Crippen molar-refractivity contribution in [1.82, 2.24) is 5.32 Å². The predicted molar refractivity (Wildman–Crippen MR) is 94.8 cm³/mol. The van der Waals surface area contributed by atoms with Crippen LogP contribution in [0, 0.1) is 0 Å². The summed E-state index contributed by atoms with van der Waals surface area (Å²) < 4.78 is 23.0. The van der Waals surface area contributed by atoms with E-state index < -0.39 is 27.8 Å². The van der Waals surface area contributed by atoms with Crippen molar-refractivity contribution in [3.63, 3.8) is 0 Å². The van der Waals surface area contributed by atoms with Crippen molar-refractivity contribution < 1.29 is 23.1 Å². The zero-order valence-corrected chi connectivity index (χ0v) is 15.6. The van der Waals surface area contributed by atoms with Crippen LogP contribution in [0.1, 0.15) is 19.8 Å². The summed E-state index contributed by atoms with van der Waals surface area (Å²) in [6.07, 6.45) is 2.10. The Morgan fingerprint density at radius 1 is 1.33 bits per heavy atom. The third-order valence-corrected chi connectivity index (χ3v) is 4.46. The highest BCUT2D eigenvalue weighted by atomic mass is 35.5. The molecule has 1 atom stereocenters. The number of carboxylic acid groups (broad SMARTS) is 1. The molecule has 0 saturated carbocycles. The van der Waals surface area contributed by atoms with Gasteiger partial charge in [0.2, 0.25) is 5.91 Å². The highest BCUT2D eigenvalue weighted by molar-refractivity contribution is 7.90. The Kier molecular flexibility index (Phi) is 9.27. The van der Waals surface area contributed by atoms with Gasteiger partial charge in [-0.1, -0.05) is 24.9 Å². The Morgan fingerprint density at radius 3 is 2.46 bits per heavy atom. The van der Waals surface area contributed by atoms with Crippen LogP contribution in [-0.2, 0) is 19.4 Å². The third-order valence-electron chi connectivity index (χ3n) is 3.02. The zero-order chi connectivity index (χ0) is 17.6. The maximum atomic E-state index is 11.9. The molecular formula is C14H20Cl2N2O5S. The number of carbonyl (C=O) groups excluding carboxylic acids is 1. The fourth-order valence-electron chi connectivity index (χ4n) is 1.84. The van der Waals surface area contributed by atoms with E-state index in [9.17, 15) is 18.0 Å². The Bertz CT molecular complexity index is 694. The summed E-state index contributed by atoms with van der Waals surface area (Å²) in [5, 5.41) is 14.3. The van der Waals surface area contributed by atoms with Gasteiger partial charge in [-0.15, -0.1) is 12.4 Å². The van der Waals surface area contributed by atoms with Gasteiger partial charge in [0.1, 0.15) is 6.04 Å². The van der Waals surface area contributed by atoms with Crippen LogP contribution in [0.5, 0.6) is 0 Å². The number of anilines is 1. The fourth-order valence-corrected chi connectivity index (χ4v) is 2.65. The van der Waals surface area contributed by atoms with E-state index in [1.807, 2.05) is 6.92 Å². The number of sulfone groups is 1. The number of aliphatic carboxylic acids is 1. The van der Waals surface area contributed by atoms with E-state index >= 15 is 0 Å². The Labute approximate surface area is 152 Å².